The third-order valence-corrected chi connectivity index (χ3v) is 3.32. The predicted molar refractivity (Wildman–Crippen MR) is 77.5 cm³/mol. The molecule has 0 aromatic heterocycles. The molecule has 0 aliphatic rings. The molecule has 102 valence electrons. The molecular formula is C17H17FN2. The van der Waals surface area contributed by atoms with E-state index in [1.165, 1.54) is 23.3 Å². The fourth-order valence-electron chi connectivity index (χ4n) is 2.19. The van der Waals surface area contributed by atoms with Crippen LogP contribution in [0.5, 0.6) is 0 Å². The van der Waals surface area contributed by atoms with Gasteiger partial charge in [-0.05, 0) is 43.3 Å². The summed E-state index contributed by atoms with van der Waals surface area (Å²) >= 11 is 0. The summed E-state index contributed by atoms with van der Waals surface area (Å²) in [5.41, 5.74) is 3.50. The van der Waals surface area contributed by atoms with E-state index in [0.717, 1.165) is 6.54 Å². The molecule has 0 saturated heterocycles. The molecular weight excluding hydrogens is 251 g/mol. The van der Waals surface area contributed by atoms with Crippen molar-refractivity contribution in [2.24, 2.45) is 0 Å². The highest BCUT2D eigenvalue weighted by Gasteiger charge is 2.08. The minimum absolute atomic E-state index is 0.263. The minimum atomic E-state index is -0.263. The highest BCUT2D eigenvalue weighted by atomic mass is 19.1. The van der Waals surface area contributed by atoms with Crippen molar-refractivity contribution in [3.05, 3.63) is 70.5 Å². The molecule has 0 fully saturated rings. The van der Waals surface area contributed by atoms with Gasteiger partial charge < -0.3 is 0 Å². The molecule has 2 nitrogen and oxygen atoms in total. The maximum absolute atomic E-state index is 13.7. The third-order valence-electron chi connectivity index (χ3n) is 3.32. The molecule has 0 heterocycles. The Bertz CT molecular complexity index is 644. The van der Waals surface area contributed by atoms with Gasteiger partial charge in [0.1, 0.15) is 5.82 Å². The molecule has 0 aliphatic heterocycles. The molecule has 0 N–H and O–H groups in total. The number of rotatable bonds is 4. The van der Waals surface area contributed by atoms with E-state index < -0.39 is 0 Å². The second-order valence-electron chi connectivity index (χ2n) is 5.02. The summed E-state index contributed by atoms with van der Waals surface area (Å²) in [5, 5.41) is 8.87. The second kappa shape index (κ2) is 6.31. The Labute approximate surface area is 119 Å². The fourth-order valence-corrected chi connectivity index (χ4v) is 2.19. The van der Waals surface area contributed by atoms with Gasteiger partial charge in [0.15, 0.2) is 0 Å². The molecule has 0 saturated carbocycles. The zero-order chi connectivity index (χ0) is 14.5. The van der Waals surface area contributed by atoms with Crippen molar-refractivity contribution in [3.8, 4) is 6.07 Å². The topological polar surface area (TPSA) is 27.0 Å². The lowest BCUT2D eigenvalue weighted by molar-refractivity contribution is 0.313. The summed E-state index contributed by atoms with van der Waals surface area (Å²) in [6.07, 6.45) is 0. The Kier molecular flexibility index (Phi) is 4.49. The van der Waals surface area contributed by atoms with Crippen molar-refractivity contribution >= 4 is 0 Å². The van der Waals surface area contributed by atoms with Crippen molar-refractivity contribution in [1.29, 1.82) is 5.26 Å². The van der Waals surface area contributed by atoms with E-state index in [4.69, 9.17) is 5.26 Å². The van der Waals surface area contributed by atoms with Gasteiger partial charge in [0.25, 0.3) is 0 Å². The van der Waals surface area contributed by atoms with E-state index in [-0.39, 0.29) is 5.82 Å². The van der Waals surface area contributed by atoms with Gasteiger partial charge in [-0.3, -0.25) is 4.90 Å². The summed E-state index contributed by atoms with van der Waals surface area (Å²) in [7, 11) is 1.95. The Morgan fingerprint density at radius 1 is 1.10 bits per heavy atom. The van der Waals surface area contributed by atoms with Crippen LogP contribution in [0.1, 0.15) is 22.3 Å². The Hall–Kier alpha value is -2.18. The van der Waals surface area contributed by atoms with Crippen LogP contribution in [-0.2, 0) is 13.1 Å². The average Bonchev–Trinajstić information content (AvgIpc) is 2.44. The molecule has 0 unspecified atom stereocenters. The summed E-state index contributed by atoms with van der Waals surface area (Å²) in [6.45, 7) is 3.30. The van der Waals surface area contributed by atoms with Crippen LogP contribution in [0.2, 0.25) is 0 Å². The number of benzene rings is 2. The molecule has 2 aromatic carbocycles. The van der Waals surface area contributed by atoms with Crippen molar-refractivity contribution in [1.82, 2.24) is 4.90 Å². The molecule has 0 amide bonds. The summed E-state index contributed by atoms with van der Waals surface area (Å²) < 4.78 is 13.7. The molecule has 2 aromatic rings. The van der Waals surface area contributed by atoms with Gasteiger partial charge in [-0.25, -0.2) is 4.39 Å². The number of halogens is 1. The fraction of sp³-hybridized carbons (Fsp3) is 0.235. The van der Waals surface area contributed by atoms with E-state index in [0.29, 0.717) is 17.7 Å². The van der Waals surface area contributed by atoms with Crippen LogP contribution in [0.4, 0.5) is 4.39 Å². The molecule has 0 bridgehead atoms. The average molecular weight is 268 g/mol. The lowest BCUT2D eigenvalue weighted by atomic mass is 10.1. The number of hydrogen-bond acceptors (Lipinski definition) is 2. The van der Waals surface area contributed by atoms with Crippen LogP contribution in [-0.4, -0.2) is 11.9 Å². The monoisotopic (exact) mass is 268 g/mol. The number of nitrogens with zero attached hydrogens (tertiary/aromatic N) is 2. The summed E-state index contributed by atoms with van der Waals surface area (Å²) in [6, 6.07) is 14.7. The zero-order valence-electron chi connectivity index (χ0n) is 11.7. The first-order valence-electron chi connectivity index (χ1n) is 6.51. The molecule has 0 atom stereocenters. The molecule has 0 radical (unpaired) electrons. The van der Waals surface area contributed by atoms with Crippen LogP contribution >= 0.6 is 0 Å². The second-order valence-corrected chi connectivity index (χ2v) is 5.02. The van der Waals surface area contributed by atoms with Crippen LogP contribution in [0, 0.1) is 24.1 Å². The molecule has 2 rings (SSSR count). The van der Waals surface area contributed by atoms with E-state index in [2.05, 4.69) is 19.1 Å². The van der Waals surface area contributed by atoms with Crippen molar-refractivity contribution in [2.75, 3.05) is 7.05 Å². The van der Waals surface area contributed by atoms with Gasteiger partial charge >= 0.3 is 0 Å². The molecule has 0 aliphatic carbocycles. The number of aryl methyl sites for hydroxylation is 1. The quantitative estimate of drug-likeness (QED) is 0.846. The van der Waals surface area contributed by atoms with Gasteiger partial charge in [-0.15, -0.1) is 0 Å². The standard InChI is InChI=1S/C17H17FN2/c1-13-5-3-4-6-15(13)11-20(2)12-16-9-14(10-19)7-8-17(16)18/h3-9H,11-12H2,1-2H3. The maximum atomic E-state index is 13.7. The highest BCUT2D eigenvalue weighted by molar-refractivity contribution is 5.34. The molecule has 0 spiro atoms. The summed E-state index contributed by atoms with van der Waals surface area (Å²) in [5.74, 6) is -0.263. The lowest BCUT2D eigenvalue weighted by Gasteiger charge is -2.18. The first-order chi connectivity index (χ1) is 9.60. The van der Waals surface area contributed by atoms with Crippen LogP contribution in [0.25, 0.3) is 0 Å². The maximum Gasteiger partial charge on any atom is 0.127 e. The first kappa shape index (κ1) is 14.2. The molecule has 20 heavy (non-hydrogen) atoms. The van der Waals surface area contributed by atoms with Gasteiger partial charge in [0.05, 0.1) is 11.6 Å². The van der Waals surface area contributed by atoms with Crippen LogP contribution in [0.3, 0.4) is 0 Å². The van der Waals surface area contributed by atoms with Gasteiger partial charge in [0.2, 0.25) is 0 Å². The molecule has 3 heteroatoms. The Morgan fingerprint density at radius 2 is 1.80 bits per heavy atom. The number of nitriles is 1. The predicted octanol–water partition coefficient (Wildman–Crippen LogP) is 3.64. The first-order valence-corrected chi connectivity index (χ1v) is 6.51. The van der Waals surface area contributed by atoms with Gasteiger partial charge in [-0.1, -0.05) is 24.3 Å². The van der Waals surface area contributed by atoms with E-state index >= 15 is 0 Å². The van der Waals surface area contributed by atoms with Crippen LogP contribution < -0.4 is 0 Å². The minimum Gasteiger partial charge on any atom is -0.298 e. The smallest absolute Gasteiger partial charge is 0.127 e. The van der Waals surface area contributed by atoms with Gasteiger partial charge in [0, 0.05) is 18.7 Å². The Morgan fingerprint density at radius 3 is 2.50 bits per heavy atom. The highest BCUT2D eigenvalue weighted by Crippen LogP contribution is 2.15. The zero-order valence-corrected chi connectivity index (χ0v) is 11.7. The summed E-state index contributed by atoms with van der Waals surface area (Å²) in [4.78, 5) is 2.04. The normalized spacial score (nSPS) is 10.6. The van der Waals surface area contributed by atoms with E-state index in [1.807, 2.05) is 30.1 Å². The number of hydrogen-bond donors (Lipinski definition) is 0. The SMILES string of the molecule is Cc1ccccc1CN(C)Cc1cc(C#N)ccc1F. The lowest BCUT2D eigenvalue weighted by Crippen LogP contribution is -2.18. The largest absolute Gasteiger partial charge is 0.298 e. The Balaban J connectivity index is 2.11. The van der Waals surface area contributed by atoms with E-state index in [1.54, 1.807) is 6.07 Å². The van der Waals surface area contributed by atoms with Crippen molar-refractivity contribution in [2.45, 2.75) is 20.0 Å². The van der Waals surface area contributed by atoms with E-state index in [9.17, 15) is 4.39 Å². The van der Waals surface area contributed by atoms with Crippen LogP contribution in [0.15, 0.2) is 42.5 Å². The van der Waals surface area contributed by atoms with Crippen molar-refractivity contribution < 1.29 is 4.39 Å². The van der Waals surface area contributed by atoms with Gasteiger partial charge in [-0.2, -0.15) is 5.26 Å². The van der Waals surface area contributed by atoms with Crippen molar-refractivity contribution in [3.63, 3.8) is 0 Å². The third kappa shape index (κ3) is 3.43.